The second-order valence-electron chi connectivity index (χ2n) is 7.85. The smallest absolute Gasteiger partial charge is 0.239 e. The number of fused-ring (bicyclic) bond motifs is 1. The van der Waals surface area contributed by atoms with Crippen LogP contribution in [-0.4, -0.2) is 27.7 Å². The summed E-state index contributed by atoms with van der Waals surface area (Å²) in [5.41, 5.74) is 9.34. The van der Waals surface area contributed by atoms with Gasteiger partial charge in [-0.2, -0.15) is 10.5 Å². The summed E-state index contributed by atoms with van der Waals surface area (Å²) < 4.78 is 6.42. The Labute approximate surface area is 216 Å². The van der Waals surface area contributed by atoms with E-state index in [1.165, 1.54) is 11.3 Å². The number of thioether (sulfide) groups is 1. The molecule has 180 valence electrons. The van der Waals surface area contributed by atoms with Gasteiger partial charge in [0.05, 0.1) is 27.6 Å². The third-order valence-corrected chi connectivity index (χ3v) is 7.33. The van der Waals surface area contributed by atoms with E-state index in [0.29, 0.717) is 22.9 Å². The number of hydrogen-bond acceptors (Lipinski definition) is 9. The Morgan fingerprint density at radius 2 is 1.89 bits per heavy atom. The van der Waals surface area contributed by atoms with Crippen LogP contribution < -0.4 is 15.8 Å². The zero-order valence-electron chi connectivity index (χ0n) is 19.8. The molecule has 3 N–H and O–H groups in total. The van der Waals surface area contributed by atoms with E-state index in [9.17, 15) is 15.3 Å². The van der Waals surface area contributed by atoms with Crippen LogP contribution in [0.25, 0.3) is 21.3 Å². The molecule has 8 nitrogen and oxygen atoms in total. The first-order valence-corrected chi connectivity index (χ1v) is 12.8. The van der Waals surface area contributed by atoms with Crippen LogP contribution in [0.3, 0.4) is 0 Å². The minimum Gasteiger partial charge on any atom is -0.494 e. The molecule has 2 heterocycles. The Balaban J connectivity index is 1.61. The summed E-state index contributed by atoms with van der Waals surface area (Å²) >= 11 is 2.45. The number of nitrogen functional groups attached to an aromatic ring is 1. The van der Waals surface area contributed by atoms with Crippen molar-refractivity contribution in [1.29, 1.82) is 10.5 Å². The molecule has 4 aromatic rings. The highest BCUT2D eigenvalue weighted by molar-refractivity contribution is 8.00. The summed E-state index contributed by atoms with van der Waals surface area (Å²) in [6, 6.07) is 17.3. The predicted molar refractivity (Wildman–Crippen MR) is 143 cm³/mol. The van der Waals surface area contributed by atoms with Crippen molar-refractivity contribution in [3.05, 3.63) is 59.2 Å². The number of anilines is 2. The summed E-state index contributed by atoms with van der Waals surface area (Å²) in [5, 5.41) is 22.7. The minimum absolute atomic E-state index is 0.0125. The lowest BCUT2D eigenvalue weighted by Crippen LogP contribution is -2.22. The number of nitrogens with one attached hydrogen (secondary N) is 1. The minimum atomic E-state index is -0.617. The van der Waals surface area contributed by atoms with Crippen LogP contribution >= 0.6 is 23.1 Å². The molecule has 0 saturated carbocycles. The second-order valence-corrected chi connectivity index (χ2v) is 10.2. The number of ether oxygens (including phenoxy) is 1. The number of nitrogens with two attached hydrogens (primary N) is 1. The Morgan fingerprint density at radius 3 is 2.56 bits per heavy atom. The van der Waals surface area contributed by atoms with Crippen LogP contribution in [-0.2, 0) is 4.79 Å². The van der Waals surface area contributed by atoms with E-state index in [1.807, 2.05) is 56.3 Å². The number of amides is 1. The average Bonchev–Trinajstić information content (AvgIpc) is 3.26. The van der Waals surface area contributed by atoms with Gasteiger partial charge >= 0.3 is 0 Å². The quantitative estimate of drug-likeness (QED) is 0.308. The van der Waals surface area contributed by atoms with Crippen LogP contribution in [0.2, 0.25) is 0 Å². The van der Waals surface area contributed by atoms with Crippen molar-refractivity contribution in [3.63, 3.8) is 0 Å². The molecule has 1 unspecified atom stereocenters. The third kappa shape index (κ3) is 5.10. The number of aromatic nitrogens is 2. The molecular formula is C26H22N6O2S2. The molecular weight excluding hydrogens is 492 g/mol. The second kappa shape index (κ2) is 10.6. The zero-order chi connectivity index (χ0) is 25.8. The van der Waals surface area contributed by atoms with Crippen molar-refractivity contribution in [2.75, 3.05) is 17.7 Å². The van der Waals surface area contributed by atoms with E-state index in [1.54, 1.807) is 6.92 Å². The fourth-order valence-corrected chi connectivity index (χ4v) is 5.35. The van der Waals surface area contributed by atoms with Crippen molar-refractivity contribution in [1.82, 2.24) is 9.97 Å². The van der Waals surface area contributed by atoms with Crippen molar-refractivity contribution < 1.29 is 9.53 Å². The number of nitriles is 2. The van der Waals surface area contributed by atoms with Crippen molar-refractivity contribution in [2.45, 2.75) is 31.0 Å². The summed E-state index contributed by atoms with van der Waals surface area (Å²) in [5.74, 6) is 0.460. The number of nitrogens with zero attached hydrogens (tertiary/aromatic N) is 4. The van der Waals surface area contributed by atoms with Gasteiger partial charge in [-0.25, -0.2) is 9.97 Å². The molecule has 0 fully saturated rings. The van der Waals surface area contributed by atoms with Gasteiger partial charge in [-0.15, -0.1) is 0 Å². The van der Waals surface area contributed by atoms with Gasteiger partial charge in [0.1, 0.15) is 34.3 Å². The normalized spacial score (nSPS) is 11.5. The maximum atomic E-state index is 13.0. The van der Waals surface area contributed by atoms with Gasteiger partial charge in [0.2, 0.25) is 5.91 Å². The highest BCUT2D eigenvalue weighted by Gasteiger charge is 2.24. The maximum absolute atomic E-state index is 13.0. The van der Waals surface area contributed by atoms with E-state index >= 15 is 0 Å². The van der Waals surface area contributed by atoms with Gasteiger partial charge in [0.15, 0.2) is 5.13 Å². The number of aryl methyl sites for hydroxylation is 1. The first kappa shape index (κ1) is 25.0. The predicted octanol–water partition coefficient (Wildman–Crippen LogP) is 5.51. The Hall–Kier alpha value is -4.12. The lowest BCUT2D eigenvalue weighted by atomic mass is 9.96. The topological polar surface area (TPSA) is 138 Å². The Kier molecular flexibility index (Phi) is 7.39. The SMILES string of the molecule is CCOc1ccc2nc(NC(=O)C(C)Sc3nc(N)c(C#N)c(-c4ccc(C)cc4)c3C#N)sc2c1. The first-order chi connectivity index (χ1) is 17.3. The molecule has 0 aliphatic heterocycles. The number of rotatable bonds is 7. The van der Waals surface area contributed by atoms with Crippen molar-refractivity contribution in [2.24, 2.45) is 0 Å². The fourth-order valence-electron chi connectivity index (χ4n) is 3.54. The summed E-state index contributed by atoms with van der Waals surface area (Å²) in [6.07, 6.45) is 0. The molecule has 2 aromatic carbocycles. The summed E-state index contributed by atoms with van der Waals surface area (Å²) in [7, 11) is 0. The van der Waals surface area contributed by atoms with Gasteiger partial charge in [0.25, 0.3) is 0 Å². The lowest BCUT2D eigenvalue weighted by Gasteiger charge is -2.15. The average molecular weight is 515 g/mol. The Bertz CT molecular complexity index is 1530. The molecule has 0 aliphatic carbocycles. The molecule has 36 heavy (non-hydrogen) atoms. The number of pyridine rings is 1. The fraction of sp³-hybridized carbons (Fsp3) is 0.192. The largest absolute Gasteiger partial charge is 0.494 e. The van der Waals surface area contributed by atoms with E-state index < -0.39 is 5.25 Å². The molecule has 1 atom stereocenters. The zero-order valence-corrected chi connectivity index (χ0v) is 21.5. The monoisotopic (exact) mass is 514 g/mol. The third-order valence-electron chi connectivity index (χ3n) is 5.31. The van der Waals surface area contributed by atoms with Gasteiger partial charge in [0, 0.05) is 5.56 Å². The standard InChI is InChI=1S/C26H22N6O2S2/c1-4-34-17-9-10-20-21(11-17)36-26(30-20)32-24(33)15(3)35-25-19(13-28)22(18(12-27)23(29)31-25)16-7-5-14(2)6-8-16/h5-11,15H,4H2,1-3H3,(H2,29,31)(H,30,32,33). The number of carbonyl (C=O) groups excluding carboxylic acids is 1. The number of carbonyl (C=O) groups is 1. The number of hydrogen-bond donors (Lipinski definition) is 2. The molecule has 4 rings (SSSR count). The molecule has 0 radical (unpaired) electrons. The van der Waals surface area contributed by atoms with Crippen LogP contribution in [0.5, 0.6) is 5.75 Å². The van der Waals surface area contributed by atoms with E-state index in [-0.39, 0.29) is 27.9 Å². The van der Waals surface area contributed by atoms with E-state index in [2.05, 4.69) is 27.4 Å². The van der Waals surface area contributed by atoms with Crippen molar-refractivity contribution in [3.8, 4) is 29.0 Å². The van der Waals surface area contributed by atoms with Gasteiger partial charge in [-0.1, -0.05) is 52.9 Å². The molecule has 0 aliphatic rings. The molecule has 0 saturated heterocycles. The van der Waals surface area contributed by atoms with Crippen molar-refractivity contribution >= 4 is 50.2 Å². The lowest BCUT2D eigenvalue weighted by molar-refractivity contribution is -0.115. The number of thiazole rings is 1. The van der Waals surface area contributed by atoms with Gasteiger partial charge < -0.3 is 15.8 Å². The maximum Gasteiger partial charge on any atom is 0.239 e. The number of benzene rings is 2. The molecule has 2 aromatic heterocycles. The highest BCUT2D eigenvalue weighted by Crippen LogP contribution is 2.37. The highest BCUT2D eigenvalue weighted by atomic mass is 32.2. The first-order valence-electron chi connectivity index (χ1n) is 11.1. The van der Waals surface area contributed by atoms with Crippen LogP contribution in [0.15, 0.2) is 47.5 Å². The molecule has 1 amide bonds. The van der Waals surface area contributed by atoms with Gasteiger partial charge in [-0.3, -0.25) is 4.79 Å². The van der Waals surface area contributed by atoms with E-state index in [0.717, 1.165) is 33.3 Å². The summed E-state index contributed by atoms with van der Waals surface area (Å²) in [6.45, 7) is 6.14. The van der Waals surface area contributed by atoms with E-state index in [4.69, 9.17) is 10.5 Å². The molecule has 10 heteroatoms. The van der Waals surface area contributed by atoms with Crippen LogP contribution in [0.1, 0.15) is 30.5 Å². The van der Waals surface area contributed by atoms with Crippen LogP contribution in [0.4, 0.5) is 10.9 Å². The van der Waals surface area contributed by atoms with Gasteiger partial charge in [-0.05, 0) is 44.5 Å². The molecule has 0 spiro atoms. The van der Waals surface area contributed by atoms with Crippen LogP contribution in [0, 0.1) is 29.6 Å². The Morgan fingerprint density at radius 1 is 1.17 bits per heavy atom. The molecule has 0 bridgehead atoms. The summed E-state index contributed by atoms with van der Waals surface area (Å²) in [4.78, 5) is 21.7.